The van der Waals surface area contributed by atoms with Crippen LogP contribution in [0, 0.1) is 0 Å². The molecule has 0 saturated heterocycles. The second kappa shape index (κ2) is 13.5. The number of carbonyl (C=O) groups is 2. The third-order valence-corrected chi connectivity index (χ3v) is 7.57. The van der Waals surface area contributed by atoms with Gasteiger partial charge in [-0.25, -0.2) is 8.42 Å². The summed E-state index contributed by atoms with van der Waals surface area (Å²) in [6.07, 6.45) is 1.80. The molecule has 2 aromatic carbocycles. The summed E-state index contributed by atoms with van der Waals surface area (Å²) in [4.78, 5) is 27.8. The highest BCUT2D eigenvalue weighted by molar-refractivity contribution is 7.92. The van der Waals surface area contributed by atoms with E-state index in [1.54, 1.807) is 42.5 Å². The van der Waals surface area contributed by atoms with E-state index in [0.717, 1.165) is 11.8 Å². The molecule has 0 spiro atoms. The van der Waals surface area contributed by atoms with Gasteiger partial charge in [0.2, 0.25) is 21.8 Å². The Bertz CT molecular complexity index is 1170. The summed E-state index contributed by atoms with van der Waals surface area (Å²) in [6.45, 7) is 5.78. The van der Waals surface area contributed by atoms with Gasteiger partial charge in [0.05, 0.1) is 22.0 Å². The van der Waals surface area contributed by atoms with Gasteiger partial charge >= 0.3 is 0 Å². The Kier molecular flexibility index (Phi) is 11.3. The first-order valence-electron chi connectivity index (χ1n) is 11.6. The molecule has 0 aliphatic rings. The van der Waals surface area contributed by atoms with Crippen LogP contribution in [0.15, 0.2) is 42.5 Å². The third kappa shape index (κ3) is 8.83. The SMILES string of the molecule is CC[C@@H](C(=O)NC(C)C)N(Cc1ccc(Cl)c(Cl)c1)C(=O)CCCN(c1cccc(Cl)c1)S(C)(=O)=O. The molecule has 0 aliphatic heterocycles. The van der Waals surface area contributed by atoms with Crippen molar-refractivity contribution in [3.05, 3.63) is 63.1 Å². The van der Waals surface area contributed by atoms with Gasteiger partial charge in [-0.05, 0) is 62.6 Å². The lowest BCUT2D eigenvalue weighted by molar-refractivity contribution is -0.141. The summed E-state index contributed by atoms with van der Waals surface area (Å²) in [5.74, 6) is -0.524. The van der Waals surface area contributed by atoms with Crippen molar-refractivity contribution in [3.63, 3.8) is 0 Å². The molecule has 0 fully saturated rings. The van der Waals surface area contributed by atoms with Crippen LogP contribution in [0.25, 0.3) is 0 Å². The number of hydrogen-bond acceptors (Lipinski definition) is 4. The van der Waals surface area contributed by atoms with Gasteiger partial charge < -0.3 is 10.2 Å². The van der Waals surface area contributed by atoms with Crippen molar-refractivity contribution in [3.8, 4) is 0 Å². The van der Waals surface area contributed by atoms with E-state index in [-0.39, 0.29) is 43.8 Å². The minimum absolute atomic E-state index is 0.0410. The predicted octanol–water partition coefficient (Wildman–Crippen LogP) is 5.53. The van der Waals surface area contributed by atoms with Gasteiger partial charge in [-0.2, -0.15) is 0 Å². The Hall–Kier alpha value is -2.00. The second-order valence-electron chi connectivity index (χ2n) is 8.78. The number of benzene rings is 2. The van der Waals surface area contributed by atoms with E-state index in [2.05, 4.69) is 5.32 Å². The van der Waals surface area contributed by atoms with Crippen LogP contribution >= 0.6 is 34.8 Å². The number of amides is 2. The van der Waals surface area contributed by atoms with Crippen molar-refractivity contribution in [2.75, 3.05) is 17.1 Å². The summed E-state index contributed by atoms with van der Waals surface area (Å²) < 4.78 is 26.0. The zero-order valence-corrected chi connectivity index (χ0v) is 23.9. The predicted molar refractivity (Wildman–Crippen MR) is 147 cm³/mol. The maximum Gasteiger partial charge on any atom is 0.243 e. The molecular formula is C25H32Cl3N3O4S. The minimum Gasteiger partial charge on any atom is -0.352 e. The first-order valence-corrected chi connectivity index (χ1v) is 14.6. The van der Waals surface area contributed by atoms with Gasteiger partial charge in [0.15, 0.2) is 0 Å². The Labute approximate surface area is 228 Å². The molecule has 0 aliphatic carbocycles. The smallest absolute Gasteiger partial charge is 0.243 e. The molecule has 2 amide bonds. The van der Waals surface area contributed by atoms with Crippen LogP contribution < -0.4 is 9.62 Å². The van der Waals surface area contributed by atoms with Crippen molar-refractivity contribution in [1.29, 1.82) is 0 Å². The van der Waals surface area contributed by atoms with E-state index in [1.165, 1.54) is 9.21 Å². The van der Waals surface area contributed by atoms with Gasteiger partial charge in [0, 0.05) is 30.6 Å². The van der Waals surface area contributed by atoms with Crippen LogP contribution in [-0.2, 0) is 26.2 Å². The molecule has 198 valence electrons. The summed E-state index contributed by atoms with van der Waals surface area (Å²) >= 11 is 18.2. The maximum atomic E-state index is 13.4. The van der Waals surface area contributed by atoms with E-state index < -0.39 is 16.1 Å². The molecule has 36 heavy (non-hydrogen) atoms. The lowest BCUT2D eigenvalue weighted by atomic mass is 10.1. The zero-order chi connectivity index (χ0) is 27.0. The van der Waals surface area contributed by atoms with Gasteiger partial charge in [0.1, 0.15) is 6.04 Å². The first-order chi connectivity index (χ1) is 16.8. The van der Waals surface area contributed by atoms with Crippen LogP contribution in [-0.4, -0.2) is 50.0 Å². The van der Waals surface area contributed by atoms with Crippen LogP contribution in [0.2, 0.25) is 15.1 Å². The molecule has 2 aromatic rings. The van der Waals surface area contributed by atoms with Crippen LogP contribution in [0.4, 0.5) is 5.69 Å². The number of carbonyl (C=O) groups excluding carboxylic acids is 2. The summed E-state index contributed by atoms with van der Waals surface area (Å²) in [5, 5.41) is 4.03. The molecule has 0 radical (unpaired) electrons. The molecule has 1 N–H and O–H groups in total. The number of nitrogens with one attached hydrogen (secondary N) is 1. The molecule has 0 heterocycles. The quantitative estimate of drug-likeness (QED) is 0.360. The molecule has 0 bridgehead atoms. The van der Waals surface area contributed by atoms with Gasteiger partial charge in [-0.15, -0.1) is 0 Å². The van der Waals surface area contributed by atoms with Gasteiger partial charge in [-0.3, -0.25) is 13.9 Å². The molecule has 11 heteroatoms. The van der Waals surface area contributed by atoms with E-state index in [1.807, 2.05) is 20.8 Å². The molecular weight excluding hydrogens is 545 g/mol. The summed E-state index contributed by atoms with van der Waals surface area (Å²) in [5.41, 5.74) is 1.15. The fourth-order valence-corrected chi connectivity index (χ4v) is 5.23. The van der Waals surface area contributed by atoms with Crippen LogP contribution in [0.3, 0.4) is 0 Å². The first kappa shape index (κ1) is 30.2. The summed E-state index contributed by atoms with van der Waals surface area (Å²) in [6, 6.07) is 10.8. The zero-order valence-electron chi connectivity index (χ0n) is 20.8. The van der Waals surface area contributed by atoms with Crippen LogP contribution in [0.1, 0.15) is 45.6 Å². The number of sulfonamides is 1. The average molecular weight is 577 g/mol. The topological polar surface area (TPSA) is 86.8 Å². The van der Waals surface area contributed by atoms with Crippen molar-refractivity contribution < 1.29 is 18.0 Å². The van der Waals surface area contributed by atoms with Crippen molar-refractivity contribution in [2.24, 2.45) is 0 Å². The minimum atomic E-state index is -3.60. The highest BCUT2D eigenvalue weighted by Gasteiger charge is 2.29. The highest BCUT2D eigenvalue weighted by Crippen LogP contribution is 2.25. The van der Waals surface area contributed by atoms with E-state index in [0.29, 0.717) is 27.2 Å². The monoisotopic (exact) mass is 575 g/mol. The standard InChI is InChI=1S/C25H32Cl3N3O4S/c1-5-23(25(33)29-17(2)3)30(16-18-11-12-21(27)22(28)14-18)24(32)10-7-13-31(36(4,34)35)20-9-6-8-19(26)15-20/h6,8-9,11-12,14-15,17,23H,5,7,10,13,16H2,1-4H3,(H,29,33)/t23-/m0/s1. The Morgan fingerprint density at radius 1 is 1.03 bits per heavy atom. The largest absolute Gasteiger partial charge is 0.352 e. The van der Waals surface area contributed by atoms with E-state index >= 15 is 0 Å². The lowest BCUT2D eigenvalue weighted by Crippen LogP contribution is -2.50. The Balaban J connectivity index is 2.24. The number of hydrogen-bond donors (Lipinski definition) is 1. The van der Waals surface area contributed by atoms with E-state index in [4.69, 9.17) is 34.8 Å². The number of halogens is 3. The van der Waals surface area contributed by atoms with Gasteiger partial charge in [-0.1, -0.05) is 53.9 Å². The molecule has 0 unspecified atom stereocenters. The van der Waals surface area contributed by atoms with Crippen molar-refractivity contribution in [1.82, 2.24) is 10.2 Å². The fraction of sp³-hybridized carbons (Fsp3) is 0.440. The Morgan fingerprint density at radius 3 is 2.28 bits per heavy atom. The lowest BCUT2D eigenvalue weighted by Gasteiger charge is -2.31. The van der Waals surface area contributed by atoms with Crippen molar-refractivity contribution >= 4 is 62.3 Å². The number of nitrogens with zero attached hydrogens (tertiary/aromatic N) is 2. The number of rotatable bonds is 12. The maximum absolute atomic E-state index is 13.4. The molecule has 1 atom stereocenters. The van der Waals surface area contributed by atoms with Gasteiger partial charge in [0.25, 0.3) is 0 Å². The summed E-state index contributed by atoms with van der Waals surface area (Å²) in [7, 11) is -3.60. The molecule has 2 rings (SSSR count). The highest BCUT2D eigenvalue weighted by atomic mass is 35.5. The average Bonchev–Trinajstić information content (AvgIpc) is 2.77. The molecule has 0 saturated carbocycles. The van der Waals surface area contributed by atoms with Crippen molar-refractivity contribution in [2.45, 2.75) is 58.7 Å². The van der Waals surface area contributed by atoms with Crippen LogP contribution in [0.5, 0.6) is 0 Å². The number of anilines is 1. The Morgan fingerprint density at radius 2 is 1.72 bits per heavy atom. The fourth-order valence-electron chi connectivity index (χ4n) is 3.77. The third-order valence-electron chi connectivity index (χ3n) is 5.40. The molecule has 7 nitrogen and oxygen atoms in total. The normalized spacial score (nSPS) is 12.3. The second-order valence-corrected chi connectivity index (χ2v) is 11.9. The van der Waals surface area contributed by atoms with E-state index in [9.17, 15) is 18.0 Å². The molecule has 0 aromatic heterocycles.